The fourth-order valence-corrected chi connectivity index (χ4v) is 3.88. The molecule has 0 aromatic heterocycles. The summed E-state index contributed by atoms with van der Waals surface area (Å²) in [6.07, 6.45) is 1.73. The van der Waals surface area contributed by atoms with E-state index < -0.39 is 0 Å². The van der Waals surface area contributed by atoms with Gasteiger partial charge in [0.15, 0.2) is 11.5 Å². The number of fused-ring (bicyclic) bond motifs is 1. The molecule has 0 bridgehead atoms. The van der Waals surface area contributed by atoms with Crippen molar-refractivity contribution in [1.82, 2.24) is 4.90 Å². The molecule has 2 aromatic carbocycles. The van der Waals surface area contributed by atoms with Crippen LogP contribution in [0.4, 0.5) is 5.69 Å². The normalized spacial score (nSPS) is 17.0. The molecule has 1 saturated heterocycles. The molecule has 1 amide bonds. The van der Waals surface area contributed by atoms with E-state index in [1.807, 2.05) is 37.3 Å². The fraction of sp³-hybridized carbons (Fsp3) is 0.435. The van der Waals surface area contributed by atoms with E-state index in [1.54, 1.807) is 0 Å². The van der Waals surface area contributed by atoms with Gasteiger partial charge in [0, 0.05) is 24.2 Å². The van der Waals surface area contributed by atoms with Gasteiger partial charge in [-0.3, -0.25) is 9.69 Å². The summed E-state index contributed by atoms with van der Waals surface area (Å²) in [4.78, 5) is 15.1. The molecular formula is C23H28N2O4. The van der Waals surface area contributed by atoms with Crippen LogP contribution >= 0.6 is 0 Å². The quantitative estimate of drug-likeness (QED) is 0.807. The van der Waals surface area contributed by atoms with Crippen LogP contribution in [0, 0.1) is 5.92 Å². The minimum Gasteiger partial charge on any atom is -0.494 e. The second kappa shape index (κ2) is 9.18. The van der Waals surface area contributed by atoms with Gasteiger partial charge >= 0.3 is 0 Å². The zero-order valence-electron chi connectivity index (χ0n) is 16.9. The number of benzene rings is 2. The van der Waals surface area contributed by atoms with E-state index in [9.17, 15) is 4.79 Å². The van der Waals surface area contributed by atoms with Gasteiger partial charge < -0.3 is 19.5 Å². The van der Waals surface area contributed by atoms with Crippen LogP contribution in [-0.2, 0) is 11.3 Å². The Morgan fingerprint density at radius 3 is 2.69 bits per heavy atom. The van der Waals surface area contributed by atoms with Crippen molar-refractivity contribution in [2.75, 3.05) is 38.2 Å². The minimum absolute atomic E-state index is 0.0363. The number of nitrogens with zero attached hydrogens (tertiary/aromatic N) is 1. The molecule has 1 N–H and O–H groups in total. The highest BCUT2D eigenvalue weighted by atomic mass is 16.6. The summed E-state index contributed by atoms with van der Waals surface area (Å²) in [5, 5.41) is 3.04. The smallest absolute Gasteiger partial charge is 0.227 e. The number of nitrogens with one attached hydrogen (secondary N) is 1. The second-order valence-corrected chi connectivity index (χ2v) is 7.48. The van der Waals surface area contributed by atoms with Gasteiger partial charge in [-0.05, 0) is 62.7 Å². The summed E-state index contributed by atoms with van der Waals surface area (Å²) in [6.45, 7) is 6.48. The van der Waals surface area contributed by atoms with E-state index in [1.165, 1.54) is 5.56 Å². The Hall–Kier alpha value is -2.73. The third-order valence-corrected chi connectivity index (χ3v) is 5.38. The highest BCUT2D eigenvalue weighted by Gasteiger charge is 2.25. The van der Waals surface area contributed by atoms with Crippen molar-refractivity contribution >= 4 is 11.6 Å². The van der Waals surface area contributed by atoms with E-state index in [-0.39, 0.29) is 11.8 Å². The van der Waals surface area contributed by atoms with Gasteiger partial charge in [-0.1, -0.05) is 12.1 Å². The number of carbonyl (C=O) groups is 1. The number of rotatable bonds is 6. The zero-order chi connectivity index (χ0) is 20.1. The van der Waals surface area contributed by atoms with Crippen LogP contribution in [0.25, 0.3) is 0 Å². The van der Waals surface area contributed by atoms with Crippen LogP contribution in [-0.4, -0.2) is 43.7 Å². The number of hydrogen-bond donors (Lipinski definition) is 1. The monoisotopic (exact) mass is 396 g/mol. The molecular weight excluding hydrogens is 368 g/mol. The fourth-order valence-electron chi connectivity index (χ4n) is 3.88. The van der Waals surface area contributed by atoms with E-state index in [0.717, 1.165) is 49.7 Å². The summed E-state index contributed by atoms with van der Waals surface area (Å²) < 4.78 is 16.7. The van der Waals surface area contributed by atoms with E-state index in [0.29, 0.717) is 25.6 Å². The molecule has 29 heavy (non-hydrogen) atoms. The molecule has 154 valence electrons. The first-order chi connectivity index (χ1) is 14.2. The Bertz CT molecular complexity index is 847. The summed E-state index contributed by atoms with van der Waals surface area (Å²) in [5.74, 6) is 2.46. The van der Waals surface area contributed by atoms with Crippen molar-refractivity contribution < 1.29 is 19.0 Å². The third kappa shape index (κ3) is 5.01. The molecule has 2 aromatic rings. The maximum atomic E-state index is 12.7. The Morgan fingerprint density at radius 1 is 1.10 bits per heavy atom. The average molecular weight is 396 g/mol. The SMILES string of the molecule is CCOc1cccc(CN2CCC(C(=O)Nc3ccc4c(c3)OCCO4)CC2)c1. The van der Waals surface area contributed by atoms with Crippen LogP contribution in [0.3, 0.4) is 0 Å². The van der Waals surface area contributed by atoms with Gasteiger partial charge in [0.1, 0.15) is 19.0 Å². The van der Waals surface area contributed by atoms with Gasteiger partial charge in [0.25, 0.3) is 0 Å². The number of ether oxygens (including phenoxy) is 3. The van der Waals surface area contributed by atoms with Crippen LogP contribution < -0.4 is 19.5 Å². The van der Waals surface area contributed by atoms with Crippen LogP contribution in [0.2, 0.25) is 0 Å². The predicted octanol–water partition coefficient (Wildman–Crippen LogP) is 3.71. The zero-order valence-corrected chi connectivity index (χ0v) is 16.9. The molecule has 1 fully saturated rings. The van der Waals surface area contributed by atoms with Gasteiger partial charge in [0.2, 0.25) is 5.91 Å². The van der Waals surface area contributed by atoms with E-state index in [2.05, 4.69) is 22.3 Å². The first-order valence-corrected chi connectivity index (χ1v) is 10.4. The van der Waals surface area contributed by atoms with Gasteiger partial charge in [-0.2, -0.15) is 0 Å². The van der Waals surface area contributed by atoms with Crippen molar-refractivity contribution in [1.29, 1.82) is 0 Å². The summed E-state index contributed by atoms with van der Waals surface area (Å²) in [7, 11) is 0. The molecule has 0 atom stereocenters. The Morgan fingerprint density at radius 2 is 1.90 bits per heavy atom. The topological polar surface area (TPSA) is 60.0 Å². The van der Waals surface area contributed by atoms with Gasteiger partial charge in [0.05, 0.1) is 6.61 Å². The lowest BCUT2D eigenvalue weighted by Crippen LogP contribution is -2.37. The first-order valence-electron chi connectivity index (χ1n) is 10.4. The lowest BCUT2D eigenvalue weighted by Gasteiger charge is -2.31. The molecule has 4 rings (SSSR count). The molecule has 6 heteroatoms. The van der Waals surface area contributed by atoms with Crippen molar-refractivity contribution in [3.63, 3.8) is 0 Å². The van der Waals surface area contributed by atoms with Crippen molar-refractivity contribution in [3.05, 3.63) is 48.0 Å². The number of amides is 1. The van der Waals surface area contributed by atoms with E-state index in [4.69, 9.17) is 14.2 Å². The molecule has 0 unspecified atom stereocenters. The Balaban J connectivity index is 1.28. The summed E-state index contributed by atoms with van der Waals surface area (Å²) >= 11 is 0. The summed E-state index contributed by atoms with van der Waals surface area (Å²) in [6, 6.07) is 13.8. The lowest BCUT2D eigenvalue weighted by molar-refractivity contribution is -0.121. The molecule has 2 aliphatic rings. The molecule has 0 radical (unpaired) electrons. The van der Waals surface area contributed by atoms with Gasteiger partial charge in [-0.25, -0.2) is 0 Å². The van der Waals surface area contributed by atoms with Crippen LogP contribution in [0.15, 0.2) is 42.5 Å². The highest BCUT2D eigenvalue weighted by molar-refractivity contribution is 5.93. The van der Waals surface area contributed by atoms with Crippen molar-refractivity contribution in [2.24, 2.45) is 5.92 Å². The highest BCUT2D eigenvalue weighted by Crippen LogP contribution is 2.33. The minimum atomic E-state index is 0.0363. The standard InChI is InChI=1S/C23H28N2O4/c1-2-27-20-5-3-4-17(14-20)16-25-10-8-18(9-11-25)23(26)24-19-6-7-21-22(15-19)29-13-12-28-21/h3-7,14-15,18H,2,8-13,16H2,1H3,(H,24,26). The number of likely N-dealkylation sites (tertiary alicyclic amines) is 1. The molecule has 6 nitrogen and oxygen atoms in total. The average Bonchev–Trinajstić information content (AvgIpc) is 2.75. The number of carbonyl (C=O) groups excluding carboxylic acids is 1. The molecule has 2 heterocycles. The van der Waals surface area contributed by atoms with Crippen LogP contribution in [0.5, 0.6) is 17.2 Å². The summed E-state index contributed by atoms with van der Waals surface area (Å²) in [5.41, 5.74) is 2.00. The second-order valence-electron chi connectivity index (χ2n) is 7.48. The third-order valence-electron chi connectivity index (χ3n) is 5.38. The van der Waals surface area contributed by atoms with Crippen molar-refractivity contribution in [3.8, 4) is 17.2 Å². The number of piperidine rings is 1. The first kappa shape index (κ1) is 19.6. The maximum Gasteiger partial charge on any atom is 0.227 e. The van der Waals surface area contributed by atoms with E-state index >= 15 is 0 Å². The van der Waals surface area contributed by atoms with Crippen LogP contribution in [0.1, 0.15) is 25.3 Å². The lowest BCUT2D eigenvalue weighted by atomic mass is 9.95. The van der Waals surface area contributed by atoms with Crippen molar-refractivity contribution in [2.45, 2.75) is 26.3 Å². The molecule has 2 aliphatic heterocycles. The Kier molecular flexibility index (Phi) is 6.20. The maximum absolute atomic E-state index is 12.7. The van der Waals surface area contributed by atoms with Gasteiger partial charge in [-0.15, -0.1) is 0 Å². The predicted molar refractivity (Wildman–Crippen MR) is 112 cm³/mol. The number of hydrogen-bond acceptors (Lipinski definition) is 5. The Labute approximate surface area is 171 Å². The molecule has 0 spiro atoms. The molecule has 0 aliphatic carbocycles. The largest absolute Gasteiger partial charge is 0.494 e. The molecule has 0 saturated carbocycles. The number of anilines is 1.